The fourth-order valence-corrected chi connectivity index (χ4v) is 4.12. The lowest BCUT2D eigenvalue weighted by atomic mass is 10.2. The highest BCUT2D eigenvalue weighted by Gasteiger charge is 2.31. The first-order valence-corrected chi connectivity index (χ1v) is 10.6. The van der Waals surface area contributed by atoms with Crippen molar-refractivity contribution in [3.05, 3.63) is 65.0 Å². The van der Waals surface area contributed by atoms with Gasteiger partial charge in [-0.1, -0.05) is 23.7 Å². The number of carbonyl (C=O) groups excluding carboxylic acids is 1. The first-order chi connectivity index (χ1) is 14.3. The number of nitrogens with one attached hydrogen (secondary N) is 1. The second kappa shape index (κ2) is 7.88. The minimum atomic E-state index is -3.68. The predicted molar refractivity (Wildman–Crippen MR) is 107 cm³/mol. The van der Waals surface area contributed by atoms with Gasteiger partial charge in [-0.25, -0.2) is 13.2 Å². The molecular weight excluding hydrogens is 432 g/mol. The lowest BCUT2D eigenvalue weighted by Gasteiger charge is -2.07. The van der Waals surface area contributed by atoms with E-state index < -0.39 is 22.0 Å². The molecule has 3 aromatic rings. The van der Waals surface area contributed by atoms with E-state index in [0.29, 0.717) is 16.1 Å². The van der Waals surface area contributed by atoms with Crippen molar-refractivity contribution in [1.29, 1.82) is 0 Å². The van der Waals surface area contributed by atoms with E-state index in [-0.39, 0.29) is 29.1 Å². The highest BCUT2D eigenvalue weighted by atomic mass is 35.5. The lowest BCUT2D eigenvalue weighted by Crippen LogP contribution is -2.26. The minimum absolute atomic E-state index is 0.0952. The number of aromatic nitrogens is 2. The molecule has 4 rings (SSSR count). The molecule has 2 heterocycles. The van der Waals surface area contributed by atoms with Crippen LogP contribution < -0.4 is 4.72 Å². The Morgan fingerprint density at radius 1 is 1.20 bits per heavy atom. The van der Waals surface area contributed by atoms with Crippen LogP contribution in [0.4, 0.5) is 0 Å². The Bertz CT molecular complexity index is 1240. The van der Waals surface area contributed by atoms with Crippen LogP contribution in [0.25, 0.3) is 11.5 Å². The molecule has 154 valence electrons. The molecule has 1 N–H and O–H groups in total. The normalized spacial score (nSPS) is 16.7. The van der Waals surface area contributed by atoms with E-state index in [1.54, 1.807) is 42.5 Å². The lowest BCUT2D eigenvalue weighted by molar-refractivity contribution is -0.146. The number of ether oxygens (including phenoxy) is 1. The zero-order chi connectivity index (χ0) is 21.3. The van der Waals surface area contributed by atoms with Crippen molar-refractivity contribution in [3.63, 3.8) is 0 Å². The fourth-order valence-electron chi connectivity index (χ4n) is 2.75. The van der Waals surface area contributed by atoms with Crippen molar-refractivity contribution in [2.45, 2.75) is 24.5 Å². The summed E-state index contributed by atoms with van der Waals surface area (Å²) in [6, 6.07) is 12.3. The number of carbonyl (C=O) groups is 1. The van der Waals surface area contributed by atoms with Gasteiger partial charge in [0, 0.05) is 16.1 Å². The molecule has 0 aliphatic carbocycles. The molecule has 11 heteroatoms. The second-order valence-corrected chi connectivity index (χ2v) is 8.46. The number of rotatable bonds is 5. The van der Waals surface area contributed by atoms with Gasteiger partial charge in [0.25, 0.3) is 15.9 Å². The maximum atomic E-state index is 12.3. The highest BCUT2D eigenvalue weighted by molar-refractivity contribution is 7.90. The number of halogens is 1. The van der Waals surface area contributed by atoms with Gasteiger partial charge in [-0.05, 0) is 43.3 Å². The third-order valence-corrected chi connectivity index (χ3v) is 5.87. The number of hydrogen-bond donors (Lipinski definition) is 1. The van der Waals surface area contributed by atoms with Crippen molar-refractivity contribution in [1.82, 2.24) is 14.9 Å². The summed E-state index contributed by atoms with van der Waals surface area (Å²) in [7, 11) is -3.68. The minimum Gasteiger partial charge on any atom is -0.454 e. The Morgan fingerprint density at radius 2 is 1.93 bits per heavy atom. The monoisotopic (exact) mass is 446 g/mol. The Morgan fingerprint density at radius 3 is 2.70 bits per heavy atom. The molecule has 2 aromatic carbocycles. The van der Waals surface area contributed by atoms with Crippen molar-refractivity contribution in [2.24, 2.45) is 4.99 Å². The van der Waals surface area contributed by atoms with Gasteiger partial charge in [0.1, 0.15) is 11.9 Å². The third-order valence-electron chi connectivity index (χ3n) is 4.22. The quantitative estimate of drug-likeness (QED) is 0.597. The Balaban J connectivity index is 1.42. The first-order valence-electron chi connectivity index (χ1n) is 8.78. The van der Waals surface area contributed by atoms with E-state index in [0.717, 1.165) is 0 Å². The number of nitrogens with zero attached hydrogens (tertiary/aromatic N) is 3. The van der Waals surface area contributed by atoms with E-state index in [1.807, 2.05) is 0 Å². The van der Waals surface area contributed by atoms with Gasteiger partial charge >= 0.3 is 5.97 Å². The Hall–Kier alpha value is -3.24. The summed E-state index contributed by atoms with van der Waals surface area (Å²) in [6.07, 6.45) is 0. The molecule has 9 nitrogen and oxygen atoms in total. The largest absolute Gasteiger partial charge is 0.454 e. The maximum Gasteiger partial charge on any atom is 0.331 e. The van der Waals surface area contributed by atoms with Crippen molar-refractivity contribution >= 4 is 33.4 Å². The first kappa shape index (κ1) is 20.0. The standard InChI is InChI=1S/C19H15ClN4O5S/c1-11(21-17-14-4-2-3-5-15(14)30(26,27)24-17)19(25)28-10-16-22-23-18(29-16)12-6-8-13(20)9-7-12/h2-9,11H,10H2,1H3,(H,21,24)/t11-/m1/s1. The van der Waals surface area contributed by atoms with Crippen LogP contribution in [0.1, 0.15) is 18.4 Å². The van der Waals surface area contributed by atoms with Crippen LogP contribution in [0.2, 0.25) is 5.02 Å². The van der Waals surface area contributed by atoms with Gasteiger partial charge in [0.05, 0.1) is 4.90 Å². The molecule has 1 aromatic heterocycles. The van der Waals surface area contributed by atoms with Crippen LogP contribution in [0, 0.1) is 0 Å². The van der Waals surface area contributed by atoms with E-state index in [4.69, 9.17) is 20.8 Å². The molecule has 0 amide bonds. The number of esters is 1. The summed E-state index contributed by atoms with van der Waals surface area (Å²) in [5.74, 6) is -0.196. The van der Waals surface area contributed by atoms with Crippen LogP contribution in [0.15, 0.2) is 62.8 Å². The van der Waals surface area contributed by atoms with E-state index in [1.165, 1.54) is 13.0 Å². The zero-order valence-corrected chi connectivity index (χ0v) is 17.1. The molecule has 1 aliphatic heterocycles. The molecule has 0 fully saturated rings. The fraction of sp³-hybridized carbons (Fsp3) is 0.158. The number of sulfonamides is 1. The predicted octanol–water partition coefficient (Wildman–Crippen LogP) is 2.56. The molecule has 1 aliphatic rings. The van der Waals surface area contributed by atoms with Crippen molar-refractivity contribution in [2.75, 3.05) is 0 Å². The molecule has 0 saturated carbocycles. The van der Waals surface area contributed by atoms with E-state index in [2.05, 4.69) is 19.9 Å². The van der Waals surface area contributed by atoms with Crippen molar-refractivity contribution < 1.29 is 22.4 Å². The maximum absolute atomic E-state index is 12.3. The second-order valence-electron chi connectivity index (χ2n) is 6.37. The van der Waals surface area contributed by atoms with Crippen LogP contribution in [0.3, 0.4) is 0 Å². The summed E-state index contributed by atoms with van der Waals surface area (Å²) >= 11 is 5.85. The number of fused-ring (bicyclic) bond motifs is 1. The molecule has 30 heavy (non-hydrogen) atoms. The zero-order valence-electron chi connectivity index (χ0n) is 15.6. The Labute approximate surface area is 176 Å². The summed E-state index contributed by atoms with van der Waals surface area (Å²) < 4.78 is 37.2. The summed E-state index contributed by atoms with van der Waals surface area (Å²) in [4.78, 5) is 16.6. The Kier molecular flexibility index (Phi) is 5.27. The van der Waals surface area contributed by atoms with Gasteiger partial charge in [-0.2, -0.15) is 0 Å². The summed E-state index contributed by atoms with van der Waals surface area (Å²) in [6.45, 7) is 1.26. The number of benzene rings is 2. The average molecular weight is 447 g/mol. The number of hydrogen-bond acceptors (Lipinski definition) is 8. The van der Waals surface area contributed by atoms with Gasteiger partial charge < -0.3 is 9.15 Å². The van der Waals surface area contributed by atoms with Crippen LogP contribution >= 0.6 is 11.6 Å². The van der Waals surface area contributed by atoms with Crippen LogP contribution in [0.5, 0.6) is 0 Å². The van der Waals surface area contributed by atoms with Gasteiger partial charge in [0.2, 0.25) is 5.89 Å². The van der Waals surface area contributed by atoms with Gasteiger partial charge in [-0.15, -0.1) is 10.2 Å². The third kappa shape index (κ3) is 4.05. The van der Waals surface area contributed by atoms with Crippen molar-refractivity contribution in [3.8, 4) is 11.5 Å². The molecule has 0 saturated heterocycles. The number of amidine groups is 1. The molecule has 0 unspecified atom stereocenters. The molecule has 0 bridgehead atoms. The van der Waals surface area contributed by atoms with Crippen LogP contribution in [-0.4, -0.2) is 36.5 Å². The van der Waals surface area contributed by atoms with E-state index in [9.17, 15) is 13.2 Å². The smallest absolute Gasteiger partial charge is 0.331 e. The topological polar surface area (TPSA) is 124 Å². The van der Waals surface area contributed by atoms with Gasteiger partial charge in [-0.3, -0.25) is 9.71 Å². The summed E-state index contributed by atoms with van der Waals surface area (Å²) in [5, 5.41) is 8.33. The highest BCUT2D eigenvalue weighted by Crippen LogP contribution is 2.23. The molecule has 1 atom stereocenters. The van der Waals surface area contributed by atoms with Crippen LogP contribution in [-0.2, 0) is 26.2 Å². The molecule has 0 spiro atoms. The molecular formula is C19H15ClN4O5S. The number of aliphatic imine (C=N–C) groups is 1. The summed E-state index contributed by atoms with van der Waals surface area (Å²) in [5.41, 5.74) is 1.08. The van der Waals surface area contributed by atoms with E-state index >= 15 is 0 Å². The SMILES string of the molecule is C[C@@H](N=C1NS(=O)(=O)c2ccccc21)C(=O)OCc1nnc(-c2ccc(Cl)cc2)o1. The average Bonchev–Trinajstić information content (AvgIpc) is 3.30. The molecule has 0 radical (unpaired) electrons. The van der Waals surface area contributed by atoms with Gasteiger partial charge in [0.15, 0.2) is 6.61 Å².